The van der Waals surface area contributed by atoms with Crippen molar-refractivity contribution in [3.05, 3.63) is 18.2 Å². The lowest BCUT2D eigenvalue weighted by Crippen LogP contribution is -2.03. The number of rotatable bonds is 3. The van der Waals surface area contributed by atoms with E-state index < -0.39 is 0 Å². The van der Waals surface area contributed by atoms with Gasteiger partial charge in [0, 0.05) is 25.4 Å². The van der Waals surface area contributed by atoms with Crippen molar-refractivity contribution in [3.8, 4) is 0 Å². The first-order valence-electron chi connectivity index (χ1n) is 3.67. The Morgan fingerprint density at radius 1 is 1.73 bits per heavy atom. The monoisotopic (exact) mass is 152 g/mol. The van der Waals surface area contributed by atoms with Crippen LogP contribution in [0.3, 0.4) is 0 Å². The summed E-state index contributed by atoms with van der Waals surface area (Å²) < 4.78 is 1.97. The molecule has 0 amide bonds. The summed E-state index contributed by atoms with van der Waals surface area (Å²) in [4.78, 5) is 14.7. The van der Waals surface area contributed by atoms with Gasteiger partial charge in [-0.3, -0.25) is 4.79 Å². The van der Waals surface area contributed by atoms with Gasteiger partial charge in [-0.2, -0.15) is 0 Å². The van der Waals surface area contributed by atoms with Crippen molar-refractivity contribution >= 4 is 5.78 Å². The number of hydrogen-bond acceptors (Lipinski definition) is 2. The molecular weight excluding hydrogens is 140 g/mol. The maximum Gasteiger partial charge on any atom is 0.131 e. The van der Waals surface area contributed by atoms with Crippen LogP contribution in [0, 0.1) is 6.92 Å². The number of nitrogens with zero attached hydrogens (tertiary/aromatic N) is 2. The first kappa shape index (κ1) is 7.98. The first-order valence-corrected chi connectivity index (χ1v) is 3.67. The molecule has 0 atom stereocenters. The van der Waals surface area contributed by atoms with E-state index in [1.165, 1.54) is 0 Å². The zero-order valence-electron chi connectivity index (χ0n) is 6.87. The molecule has 0 spiro atoms. The number of imidazole rings is 1. The minimum atomic E-state index is 0.220. The lowest BCUT2D eigenvalue weighted by Gasteiger charge is -2.00. The Morgan fingerprint density at radius 2 is 2.45 bits per heavy atom. The third-order valence-electron chi connectivity index (χ3n) is 1.63. The number of aryl methyl sites for hydroxylation is 2. The van der Waals surface area contributed by atoms with E-state index in [4.69, 9.17) is 0 Å². The summed E-state index contributed by atoms with van der Waals surface area (Å²) >= 11 is 0. The molecule has 0 fully saturated rings. The molecule has 0 saturated carbocycles. The summed E-state index contributed by atoms with van der Waals surface area (Å²) in [5.41, 5.74) is 0. The van der Waals surface area contributed by atoms with Gasteiger partial charge < -0.3 is 4.57 Å². The molecular formula is C8H12N2O. The Labute approximate surface area is 66.1 Å². The second kappa shape index (κ2) is 3.32. The SMILES string of the molecule is CC(=O)CCn1ccnc1C. The third kappa shape index (κ3) is 2.18. The second-order valence-electron chi connectivity index (χ2n) is 2.62. The summed E-state index contributed by atoms with van der Waals surface area (Å²) in [5, 5.41) is 0. The highest BCUT2D eigenvalue weighted by Crippen LogP contribution is 1.97. The van der Waals surface area contributed by atoms with Crippen LogP contribution in [0.2, 0.25) is 0 Å². The van der Waals surface area contributed by atoms with Gasteiger partial charge >= 0.3 is 0 Å². The molecule has 0 saturated heterocycles. The number of carbonyl (C=O) groups is 1. The van der Waals surface area contributed by atoms with Crippen molar-refractivity contribution in [1.82, 2.24) is 9.55 Å². The van der Waals surface area contributed by atoms with Crippen LogP contribution in [0.25, 0.3) is 0 Å². The van der Waals surface area contributed by atoms with Crippen LogP contribution in [-0.4, -0.2) is 15.3 Å². The molecule has 1 heterocycles. The van der Waals surface area contributed by atoms with E-state index in [1.807, 2.05) is 17.7 Å². The van der Waals surface area contributed by atoms with Crippen LogP contribution in [0.1, 0.15) is 19.2 Å². The third-order valence-corrected chi connectivity index (χ3v) is 1.63. The van der Waals surface area contributed by atoms with Crippen molar-refractivity contribution in [3.63, 3.8) is 0 Å². The number of hydrogen-bond donors (Lipinski definition) is 0. The summed E-state index contributed by atoms with van der Waals surface area (Å²) in [6.45, 7) is 4.29. The Kier molecular flexibility index (Phi) is 2.41. The van der Waals surface area contributed by atoms with Crippen molar-refractivity contribution in [2.45, 2.75) is 26.8 Å². The molecule has 0 radical (unpaired) electrons. The van der Waals surface area contributed by atoms with Crippen molar-refractivity contribution in [2.75, 3.05) is 0 Å². The van der Waals surface area contributed by atoms with Crippen molar-refractivity contribution < 1.29 is 4.79 Å². The highest BCUT2D eigenvalue weighted by Gasteiger charge is 1.97. The van der Waals surface area contributed by atoms with Crippen molar-refractivity contribution in [1.29, 1.82) is 0 Å². The topological polar surface area (TPSA) is 34.9 Å². The smallest absolute Gasteiger partial charge is 0.131 e. The zero-order valence-corrected chi connectivity index (χ0v) is 6.87. The number of aromatic nitrogens is 2. The fourth-order valence-corrected chi connectivity index (χ4v) is 0.918. The van der Waals surface area contributed by atoms with Gasteiger partial charge in [0.25, 0.3) is 0 Å². The van der Waals surface area contributed by atoms with Gasteiger partial charge in [-0.1, -0.05) is 0 Å². The van der Waals surface area contributed by atoms with Crippen molar-refractivity contribution in [2.24, 2.45) is 0 Å². The molecule has 0 aliphatic carbocycles. The van der Waals surface area contributed by atoms with Crippen LogP contribution in [0.5, 0.6) is 0 Å². The van der Waals surface area contributed by atoms with Gasteiger partial charge in [-0.25, -0.2) is 4.98 Å². The molecule has 1 aromatic rings. The van der Waals surface area contributed by atoms with E-state index in [1.54, 1.807) is 13.1 Å². The molecule has 1 aromatic heterocycles. The van der Waals surface area contributed by atoms with Crippen LogP contribution in [0.4, 0.5) is 0 Å². The van der Waals surface area contributed by atoms with Gasteiger partial charge in [-0.05, 0) is 13.8 Å². The standard InChI is InChI=1S/C8H12N2O/c1-7(11)3-5-10-6-4-9-8(10)2/h4,6H,3,5H2,1-2H3. The Hall–Kier alpha value is -1.12. The largest absolute Gasteiger partial charge is 0.335 e. The molecule has 3 nitrogen and oxygen atoms in total. The van der Waals surface area contributed by atoms with Gasteiger partial charge in [0.2, 0.25) is 0 Å². The minimum Gasteiger partial charge on any atom is -0.335 e. The minimum absolute atomic E-state index is 0.220. The van der Waals surface area contributed by atoms with Gasteiger partial charge in [-0.15, -0.1) is 0 Å². The van der Waals surface area contributed by atoms with Crippen LogP contribution < -0.4 is 0 Å². The Morgan fingerprint density at radius 3 is 2.91 bits per heavy atom. The first-order chi connectivity index (χ1) is 5.20. The highest BCUT2D eigenvalue weighted by molar-refractivity contribution is 5.75. The lowest BCUT2D eigenvalue weighted by atomic mass is 10.3. The van der Waals surface area contributed by atoms with Gasteiger partial charge in [0.1, 0.15) is 11.6 Å². The summed E-state index contributed by atoms with van der Waals surface area (Å²) in [7, 11) is 0. The molecule has 3 heteroatoms. The van der Waals surface area contributed by atoms with E-state index >= 15 is 0 Å². The molecule has 0 aliphatic rings. The lowest BCUT2D eigenvalue weighted by molar-refractivity contribution is -0.117. The maximum absolute atomic E-state index is 10.6. The second-order valence-corrected chi connectivity index (χ2v) is 2.62. The van der Waals surface area contributed by atoms with E-state index in [0.29, 0.717) is 6.42 Å². The van der Waals surface area contributed by atoms with E-state index in [-0.39, 0.29) is 5.78 Å². The Balaban J connectivity index is 2.51. The van der Waals surface area contributed by atoms with E-state index in [2.05, 4.69) is 4.98 Å². The molecule has 0 N–H and O–H groups in total. The summed E-state index contributed by atoms with van der Waals surface area (Å²) in [5.74, 6) is 1.18. The number of ketones is 1. The quantitative estimate of drug-likeness (QED) is 0.651. The van der Waals surface area contributed by atoms with Crippen LogP contribution >= 0.6 is 0 Å². The predicted octanol–water partition coefficient (Wildman–Crippen LogP) is 1.17. The molecule has 0 bridgehead atoms. The average Bonchev–Trinajstić information content (AvgIpc) is 2.31. The molecule has 60 valence electrons. The molecule has 0 aromatic carbocycles. The van der Waals surface area contributed by atoms with E-state index in [0.717, 1.165) is 12.4 Å². The summed E-state index contributed by atoms with van der Waals surface area (Å²) in [6.07, 6.45) is 4.23. The highest BCUT2D eigenvalue weighted by atomic mass is 16.1. The zero-order chi connectivity index (χ0) is 8.27. The van der Waals surface area contributed by atoms with Crippen LogP contribution in [-0.2, 0) is 11.3 Å². The normalized spacial score (nSPS) is 10.0. The molecule has 1 rings (SSSR count). The fraction of sp³-hybridized carbons (Fsp3) is 0.500. The Bertz CT molecular complexity index is 252. The molecule has 0 aliphatic heterocycles. The molecule has 0 unspecified atom stereocenters. The van der Waals surface area contributed by atoms with Gasteiger partial charge in [0.05, 0.1) is 0 Å². The maximum atomic E-state index is 10.6. The van der Waals surface area contributed by atoms with Crippen LogP contribution in [0.15, 0.2) is 12.4 Å². The van der Waals surface area contributed by atoms with Gasteiger partial charge in [0.15, 0.2) is 0 Å². The number of carbonyl (C=O) groups excluding carboxylic acids is 1. The average molecular weight is 152 g/mol. The fourth-order valence-electron chi connectivity index (χ4n) is 0.918. The summed E-state index contributed by atoms with van der Waals surface area (Å²) in [6, 6.07) is 0. The predicted molar refractivity (Wildman–Crippen MR) is 42.3 cm³/mol. The van der Waals surface area contributed by atoms with E-state index in [9.17, 15) is 4.79 Å². The number of Topliss-reactive ketones (excluding diaryl/α,β-unsaturated/α-hetero) is 1. The molecule has 11 heavy (non-hydrogen) atoms.